The Morgan fingerprint density at radius 1 is 1.42 bits per heavy atom. The predicted octanol–water partition coefficient (Wildman–Crippen LogP) is 2.31. The third-order valence-corrected chi connectivity index (χ3v) is 3.22. The van der Waals surface area contributed by atoms with E-state index in [-0.39, 0.29) is 12.3 Å². The number of rotatable bonds is 4. The molecule has 2 aromatic rings. The van der Waals surface area contributed by atoms with Crippen molar-refractivity contribution in [3.8, 4) is 0 Å². The van der Waals surface area contributed by atoms with Crippen molar-refractivity contribution >= 4 is 29.1 Å². The van der Waals surface area contributed by atoms with Gasteiger partial charge in [0.15, 0.2) is 0 Å². The highest BCUT2D eigenvalue weighted by Crippen LogP contribution is 2.21. The standard InChI is InChI=1S/C12H12Cl2N4O/c1-18(6-11-15-7-16-17-11)12(19)4-8-2-3-9(13)5-10(8)14/h2-3,5,7H,4,6H2,1H3,(H,15,16,17). The van der Waals surface area contributed by atoms with E-state index in [0.29, 0.717) is 22.4 Å². The summed E-state index contributed by atoms with van der Waals surface area (Å²) in [5, 5.41) is 7.49. The summed E-state index contributed by atoms with van der Waals surface area (Å²) < 4.78 is 0. The Morgan fingerprint density at radius 3 is 2.84 bits per heavy atom. The molecule has 19 heavy (non-hydrogen) atoms. The molecule has 0 aliphatic carbocycles. The molecule has 1 N–H and O–H groups in total. The minimum Gasteiger partial charge on any atom is -0.338 e. The van der Waals surface area contributed by atoms with Crippen molar-refractivity contribution in [2.45, 2.75) is 13.0 Å². The van der Waals surface area contributed by atoms with Gasteiger partial charge in [-0.15, -0.1) is 0 Å². The third kappa shape index (κ3) is 3.68. The highest BCUT2D eigenvalue weighted by molar-refractivity contribution is 6.35. The zero-order valence-electron chi connectivity index (χ0n) is 10.2. The first-order valence-electron chi connectivity index (χ1n) is 5.58. The number of hydrogen-bond donors (Lipinski definition) is 1. The lowest BCUT2D eigenvalue weighted by Crippen LogP contribution is -2.28. The number of aromatic nitrogens is 3. The van der Waals surface area contributed by atoms with Crippen LogP contribution < -0.4 is 0 Å². The second-order valence-electron chi connectivity index (χ2n) is 4.09. The first-order valence-corrected chi connectivity index (χ1v) is 6.34. The molecule has 1 aromatic carbocycles. The minimum atomic E-state index is -0.0550. The maximum Gasteiger partial charge on any atom is 0.227 e. The van der Waals surface area contributed by atoms with E-state index in [4.69, 9.17) is 23.2 Å². The Hall–Kier alpha value is -1.59. The molecule has 0 saturated carbocycles. The van der Waals surface area contributed by atoms with Gasteiger partial charge in [-0.05, 0) is 17.7 Å². The fraction of sp³-hybridized carbons (Fsp3) is 0.250. The molecular formula is C12H12Cl2N4O. The van der Waals surface area contributed by atoms with E-state index in [1.165, 1.54) is 6.33 Å². The number of H-pyrrole nitrogens is 1. The van der Waals surface area contributed by atoms with E-state index in [2.05, 4.69) is 15.2 Å². The predicted molar refractivity (Wildman–Crippen MR) is 73.0 cm³/mol. The first kappa shape index (κ1) is 13.8. The van der Waals surface area contributed by atoms with Gasteiger partial charge in [-0.2, -0.15) is 5.10 Å². The molecule has 1 aromatic heterocycles. The number of carbonyl (C=O) groups excluding carboxylic acids is 1. The highest BCUT2D eigenvalue weighted by Gasteiger charge is 2.13. The first-order chi connectivity index (χ1) is 9.06. The lowest BCUT2D eigenvalue weighted by molar-refractivity contribution is -0.129. The van der Waals surface area contributed by atoms with Crippen LogP contribution >= 0.6 is 23.2 Å². The van der Waals surface area contributed by atoms with Gasteiger partial charge in [-0.1, -0.05) is 29.3 Å². The molecule has 0 aliphatic rings. The lowest BCUT2D eigenvalue weighted by Gasteiger charge is -2.16. The number of nitrogens with zero attached hydrogens (tertiary/aromatic N) is 3. The molecule has 0 bridgehead atoms. The molecular weight excluding hydrogens is 287 g/mol. The smallest absolute Gasteiger partial charge is 0.227 e. The zero-order valence-corrected chi connectivity index (χ0v) is 11.7. The lowest BCUT2D eigenvalue weighted by atomic mass is 10.1. The molecule has 0 spiro atoms. The van der Waals surface area contributed by atoms with Crippen molar-refractivity contribution in [1.82, 2.24) is 20.1 Å². The SMILES string of the molecule is CN(Cc1ncn[nH]1)C(=O)Cc1ccc(Cl)cc1Cl. The van der Waals surface area contributed by atoms with Gasteiger partial charge in [0.2, 0.25) is 5.91 Å². The Labute approximate surface area is 120 Å². The molecule has 7 heteroatoms. The molecule has 0 atom stereocenters. The summed E-state index contributed by atoms with van der Waals surface area (Å²) >= 11 is 11.8. The Bertz CT molecular complexity index is 571. The molecule has 0 fully saturated rings. The quantitative estimate of drug-likeness (QED) is 0.942. The summed E-state index contributed by atoms with van der Waals surface area (Å²) in [5.41, 5.74) is 0.750. The average molecular weight is 299 g/mol. The van der Waals surface area contributed by atoms with Crippen LogP contribution in [0.3, 0.4) is 0 Å². The summed E-state index contributed by atoms with van der Waals surface area (Å²) in [6, 6.07) is 5.10. The molecule has 0 aliphatic heterocycles. The van der Waals surface area contributed by atoms with Crippen molar-refractivity contribution in [2.24, 2.45) is 0 Å². The molecule has 0 unspecified atom stereocenters. The number of nitrogens with one attached hydrogen (secondary N) is 1. The Balaban J connectivity index is 2.00. The van der Waals surface area contributed by atoms with Crippen LogP contribution in [0.25, 0.3) is 0 Å². The number of halogens is 2. The van der Waals surface area contributed by atoms with E-state index in [0.717, 1.165) is 5.56 Å². The van der Waals surface area contributed by atoms with Gasteiger partial charge in [-0.3, -0.25) is 9.89 Å². The van der Waals surface area contributed by atoms with Crippen molar-refractivity contribution in [3.63, 3.8) is 0 Å². The fourth-order valence-electron chi connectivity index (χ4n) is 1.58. The van der Waals surface area contributed by atoms with Gasteiger partial charge in [0.25, 0.3) is 0 Å². The van der Waals surface area contributed by atoms with E-state index < -0.39 is 0 Å². The third-order valence-electron chi connectivity index (χ3n) is 2.63. The molecule has 2 rings (SSSR count). The van der Waals surface area contributed by atoms with Crippen molar-refractivity contribution in [3.05, 3.63) is 46.0 Å². The van der Waals surface area contributed by atoms with E-state index in [9.17, 15) is 4.79 Å². The van der Waals surface area contributed by atoms with Gasteiger partial charge in [-0.25, -0.2) is 4.98 Å². The van der Waals surface area contributed by atoms with Crippen molar-refractivity contribution in [1.29, 1.82) is 0 Å². The van der Waals surface area contributed by atoms with Crippen LogP contribution in [-0.4, -0.2) is 33.0 Å². The van der Waals surface area contributed by atoms with Gasteiger partial charge < -0.3 is 4.90 Å². The summed E-state index contributed by atoms with van der Waals surface area (Å²) in [4.78, 5) is 17.6. The van der Waals surface area contributed by atoms with Crippen LogP contribution in [0.15, 0.2) is 24.5 Å². The summed E-state index contributed by atoms with van der Waals surface area (Å²) in [7, 11) is 1.70. The average Bonchev–Trinajstić information content (AvgIpc) is 2.85. The maximum absolute atomic E-state index is 12.0. The molecule has 1 amide bonds. The zero-order chi connectivity index (χ0) is 13.8. The number of carbonyl (C=O) groups is 1. The van der Waals surface area contributed by atoms with Crippen molar-refractivity contribution in [2.75, 3.05) is 7.05 Å². The van der Waals surface area contributed by atoms with Gasteiger partial charge in [0.05, 0.1) is 13.0 Å². The van der Waals surface area contributed by atoms with E-state index >= 15 is 0 Å². The molecule has 1 heterocycles. The van der Waals surface area contributed by atoms with Crippen LogP contribution in [0.4, 0.5) is 0 Å². The maximum atomic E-state index is 12.0. The molecule has 0 saturated heterocycles. The van der Waals surface area contributed by atoms with Crippen LogP contribution in [0.2, 0.25) is 10.0 Å². The monoisotopic (exact) mass is 298 g/mol. The van der Waals surface area contributed by atoms with E-state index in [1.807, 2.05) is 0 Å². The second kappa shape index (κ2) is 6.04. The second-order valence-corrected chi connectivity index (χ2v) is 4.94. The number of aromatic amines is 1. The minimum absolute atomic E-state index is 0.0550. The van der Waals surface area contributed by atoms with Crippen LogP contribution in [0.1, 0.15) is 11.4 Å². The van der Waals surface area contributed by atoms with Crippen LogP contribution in [0.5, 0.6) is 0 Å². The largest absolute Gasteiger partial charge is 0.338 e. The van der Waals surface area contributed by atoms with Crippen LogP contribution in [-0.2, 0) is 17.8 Å². The Kier molecular flexibility index (Phi) is 4.39. The molecule has 0 radical (unpaired) electrons. The number of benzene rings is 1. The number of likely N-dealkylation sites (N-methyl/N-ethyl adjacent to an activating group) is 1. The summed E-state index contributed by atoms with van der Waals surface area (Å²) in [6.45, 7) is 0.379. The van der Waals surface area contributed by atoms with Gasteiger partial charge in [0.1, 0.15) is 12.2 Å². The normalized spacial score (nSPS) is 10.5. The van der Waals surface area contributed by atoms with Crippen LogP contribution in [0, 0.1) is 0 Å². The molecule has 5 nitrogen and oxygen atoms in total. The molecule has 100 valence electrons. The van der Waals surface area contributed by atoms with E-state index in [1.54, 1.807) is 30.1 Å². The van der Waals surface area contributed by atoms with Gasteiger partial charge >= 0.3 is 0 Å². The van der Waals surface area contributed by atoms with Gasteiger partial charge in [0, 0.05) is 17.1 Å². The number of amides is 1. The number of hydrogen-bond acceptors (Lipinski definition) is 3. The van der Waals surface area contributed by atoms with Crippen molar-refractivity contribution < 1.29 is 4.79 Å². The highest BCUT2D eigenvalue weighted by atomic mass is 35.5. The Morgan fingerprint density at radius 2 is 2.21 bits per heavy atom. The fourth-order valence-corrected chi connectivity index (χ4v) is 2.06. The summed E-state index contributed by atoms with van der Waals surface area (Å²) in [6.07, 6.45) is 1.63. The topological polar surface area (TPSA) is 61.9 Å². The summed E-state index contributed by atoms with van der Waals surface area (Å²) in [5.74, 6) is 0.582.